The van der Waals surface area contributed by atoms with Crippen LogP contribution in [0.3, 0.4) is 0 Å². The van der Waals surface area contributed by atoms with Crippen LogP contribution in [0.4, 0.5) is 5.82 Å². The fourth-order valence-electron chi connectivity index (χ4n) is 2.97. The van der Waals surface area contributed by atoms with E-state index in [9.17, 15) is 0 Å². The zero-order valence-corrected chi connectivity index (χ0v) is 16.3. The molecule has 1 aliphatic carbocycles. The lowest BCUT2D eigenvalue weighted by molar-refractivity contribution is 0.0763. The van der Waals surface area contributed by atoms with Gasteiger partial charge in [0.2, 0.25) is 0 Å². The number of rotatable bonds is 9. The Morgan fingerprint density at radius 2 is 2.13 bits per heavy atom. The predicted octanol–water partition coefficient (Wildman–Crippen LogP) is 4.54. The summed E-state index contributed by atoms with van der Waals surface area (Å²) in [6.45, 7) is 10.7. The second-order valence-corrected chi connectivity index (χ2v) is 13.5. The van der Waals surface area contributed by atoms with Crippen LogP contribution in [-0.4, -0.2) is 24.5 Å². The maximum Gasteiger partial charge on any atom is 0.153 e. The number of hydrogen-bond acceptors (Lipinski definition) is 3. The fraction of sp³-hybridized carbons (Fsp3) is 0.722. The minimum atomic E-state index is -1.04. The Labute approximate surface area is 142 Å². The van der Waals surface area contributed by atoms with E-state index in [1.807, 2.05) is 4.68 Å². The van der Waals surface area contributed by atoms with Crippen LogP contribution in [0, 0.1) is 5.92 Å². The Balaban J connectivity index is 1.92. The molecule has 0 amide bonds. The number of nitrogen functional groups attached to an aromatic ring is 1. The molecule has 4 nitrogen and oxygen atoms in total. The highest BCUT2D eigenvalue weighted by Gasteiger charge is 2.21. The van der Waals surface area contributed by atoms with Crippen molar-refractivity contribution in [1.82, 2.24) is 9.78 Å². The van der Waals surface area contributed by atoms with Crippen LogP contribution in [0.5, 0.6) is 0 Å². The average molecular weight is 336 g/mol. The molecule has 1 aromatic rings. The number of anilines is 1. The highest BCUT2D eigenvalue weighted by atomic mass is 28.3. The Hall–Kier alpha value is -1.07. The summed E-state index contributed by atoms with van der Waals surface area (Å²) in [6, 6.07) is 1.19. The quantitative estimate of drug-likeness (QED) is 0.532. The summed E-state index contributed by atoms with van der Waals surface area (Å²) in [4.78, 5) is 0. The summed E-state index contributed by atoms with van der Waals surface area (Å²) < 4.78 is 7.84. The van der Waals surface area contributed by atoms with Gasteiger partial charge in [0, 0.05) is 20.2 Å². The van der Waals surface area contributed by atoms with Crippen LogP contribution in [0.25, 0.3) is 6.08 Å². The number of hydrogen-bond donors (Lipinski definition) is 1. The molecular weight excluding hydrogens is 302 g/mol. The number of nitrogens with two attached hydrogens (primary N) is 1. The molecule has 0 saturated heterocycles. The number of aromatic nitrogens is 2. The molecule has 1 unspecified atom stereocenters. The largest absolute Gasteiger partial charge is 0.382 e. The first-order chi connectivity index (χ1) is 10.9. The zero-order chi connectivity index (χ0) is 16.9. The second kappa shape index (κ2) is 8.15. The number of ether oxygens (including phenoxy) is 1. The zero-order valence-electron chi connectivity index (χ0n) is 15.3. The first-order valence-corrected chi connectivity index (χ1v) is 12.7. The molecule has 1 aromatic heterocycles. The van der Waals surface area contributed by atoms with E-state index >= 15 is 0 Å². The molecular formula is C18H33N3OSi. The van der Waals surface area contributed by atoms with Crippen LogP contribution in [0.2, 0.25) is 25.7 Å². The van der Waals surface area contributed by atoms with Crippen LogP contribution in [0.15, 0.2) is 6.08 Å². The van der Waals surface area contributed by atoms with E-state index < -0.39 is 8.07 Å². The van der Waals surface area contributed by atoms with Crippen molar-refractivity contribution in [2.45, 2.75) is 71.4 Å². The van der Waals surface area contributed by atoms with Crippen molar-refractivity contribution in [3.05, 3.63) is 17.3 Å². The number of unbranched alkanes of at least 4 members (excludes halogenated alkanes) is 2. The van der Waals surface area contributed by atoms with Gasteiger partial charge in [-0.2, -0.15) is 5.10 Å². The summed E-state index contributed by atoms with van der Waals surface area (Å²) in [7, 11) is -1.04. The fourth-order valence-corrected chi connectivity index (χ4v) is 3.72. The molecule has 0 aliphatic heterocycles. The third-order valence-corrected chi connectivity index (χ3v) is 6.21. The summed E-state index contributed by atoms with van der Waals surface area (Å²) in [6.07, 6.45) is 10.7. The smallest absolute Gasteiger partial charge is 0.153 e. The van der Waals surface area contributed by atoms with Crippen molar-refractivity contribution in [3.8, 4) is 0 Å². The van der Waals surface area contributed by atoms with Gasteiger partial charge in [-0.1, -0.05) is 58.0 Å². The Bertz CT molecular complexity index is 531. The van der Waals surface area contributed by atoms with E-state index in [0.29, 0.717) is 18.5 Å². The summed E-state index contributed by atoms with van der Waals surface area (Å²) >= 11 is 0. The maximum atomic E-state index is 6.07. The molecule has 1 atom stereocenters. The third kappa shape index (κ3) is 5.50. The monoisotopic (exact) mass is 335 g/mol. The highest BCUT2D eigenvalue weighted by Crippen LogP contribution is 2.29. The lowest BCUT2D eigenvalue weighted by Gasteiger charge is -2.19. The van der Waals surface area contributed by atoms with Crippen molar-refractivity contribution < 1.29 is 4.74 Å². The first-order valence-electron chi connectivity index (χ1n) is 9.02. The SMILES string of the molecule is CCCCCC1C=Cc2c(N)nn(COCC[Si](C)(C)C)c2C1. The average Bonchev–Trinajstić information content (AvgIpc) is 2.79. The standard InChI is InChI=1S/C18H33N3OSi/c1-5-6-7-8-15-9-10-16-17(13-15)21(20-18(16)19)14-22-11-12-23(2,3)4/h9-10,15H,5-8,11-14H2,1-4H3,(H2,19,20). The van der Waals surface area contributed by atoms with E-state index in [-0.39, 0.29) is 0 Å². The van der Waals surface area contributed by atoms with Gasteiger partial charge in [0.05, 0.1) is 5.69 Å². The number of allylic oxidation sites excluding steroid dienone is 1. The molecule has 5 heteroatoms. The van der Waals surface area contributed by atoms with Gasteiger partial charge in [0.25, 0.3) is 0 Å². The van der Waals surface area contributed by atoms with Crippen LogP contribution >= 0.6 is 0 Å². The first kappa shape index (κ1) is 18.3. The van der Waals surface area contributed by atoms with Crippen LogP contribution in [0.1, 0.15) is 43.9 Å². The molecule has 0 saturated carbocycles. The summed E-state index contributed by atoms with van der Waals surface area (Å²) in [5.74, 6) is 1.25. The highest BCUT2D eigenvalue weighted by molar-refractivity contribution is 6.76. The summed E-state index contributed by atoms with van der Waals surface area (Å²) in [5.41, 5.74) is 8.42. The molecule has 0 fully saturated rings. The molecule has 0 bridgehead atoms. The topological polar surface area (TPSA) is 53.1 Å². The van der Waals surface area contributed by atoms with Crippen molar-refractivity contribution in [2.75, 3.05) is 12.3 Å². The maximum absolute atomic E-state index is 6.07. The van der Waals surface area contributed by atoms with Gasteiger partial charge in [-0.05, 0) is 24.8 Å². The van der Waals surface area contributed by atoms with Crippen molar-refractivity contribution in [1.29, 1.82) is 0 Å². The molecule has 130 valence electrons. The second-order valence-electron chi connectivity index (χ2n) is 7.91. The van der Waals surface area contributed by atoms with Gasteiger partial charge in [-0.25, -0.2) is 4.68 Å². The molecule has 23 heavy (non-hydrogen) atoms. The Morgan fingerprint density at radius 3 is 2.83 bits per heavy atom. The Morgan fingerprint density at radius 1 is 1.35 bits per heavy atom. The van der Waals surface area contributed by atoms with Gasteiger partial charge in [-0.3, -0.25) is 0 Å². The van der Waals surface area contributed by atoms with E-state index in [4.69, 9.17) is 10.5 Å². The molecule has 1 heterocycles. The van der Waals surface area contributed by atoms with Gasteiger partial charge in [0.15, 0.2) is 5.82 Å². The van der Waals surface area contributed by atoms with Gasteiger partial charge in [0.1, 0.15) is 6.73 Å². The molecule has 2 N–H and O–H groups in total. The minimum Gasteiger partial charge on any atom is -0.382 e. The van der Waals surface area contributed by atoms with Crippen molar-refractivity contribution >= 4 is 20.0 Å². The van der Waals surface area contributed by atoms with Crippen molar-refractivity contribution in [3.63, 3.8) is 0 Å². The van der Waals surface area contributed by atoms with Gasteiger partial charge in [-0.15, -0.1) is 0 Å². The van der Waals surface area contributed by atoms with E-state index in [1.165, 1.54) is 37.4 Å². The minimum absolute atomic E-state index is 0.527. The normalized spacial score (nSPS) is 17.5. The predicted molar refractivity (Wildman–Crippen MR) is 101 cm³/mol. The molecule has 0 radical (unpaired) electrons. The molecule has 1 aliphatic rings. The number of nitrogens with zero attached hydrogens (tertiary/aromatic N) is 2. The van der Waals surface area contributed by atoms with Crippen LogP contribution in [-0.2, 0) is 17.9 Å². The van der Waals surface area contributed by atoms with Gasteiger partial charge < -0.3 is 10.5 Å². The van der Waals surface area contributed by atoms with E-state index in [1.54, 1.807) is 0 Å². The summed E-state index contributed by atoms with van der Waals surface area (Å²) in [5, 5.41) is 4.49. The third-order valence-electron chi connectivity index (χ3n) is 4.51. The lowest BCUT2D eigenvalue weighted by Crippen LogP contribution is -2.22. The van der Waals surface area contributed by atoms with E-state index in [2.05, 4.69) is 43.8 Å². The molecule has 0 aromatic carbocycles. The molecule has 0 spiro atoms. The lowest BCUT2D eigenvalue weighted by atomic mass is 9.90. The van der Waals surface area contributed by atoms with Crippen molar-refractivity contribution in [2.24, 2.45) is 5.92 Å². The number of fused-ring (bicyclic) bond motifs is 1. The molecule has 2 rings (SSSR count). The van der Waals surface area contributed by atoms with Gasteiger partial charge >= 0.3 is 0 Å². The van der Waals surface area contributed by atoms with E-state index in [0.717, 1.165) is 18.6 Å². The Kier molecular flexibility index (Phi) is 6.47. The van der Waals surface area contributed by atoms with Crippen LogP contribution < -0.4 is 5.73 Å².